The van der Waals surface area contributed by atoms with E-state index in [4.69, 9.17) is 37.1 Å². The Morgan fingerprint density at radius 1 is 0.971 bits per heavy atom. The van der Waals surface area contributed by atoms with Crippen LogP contribution in [0.4, 0.5) is 0 Å². The number of halogens is 2. The molecule has 5 nitrogen and oxygen atoms in total. The largest absolute Gasteiger partial charge is 0.482 e. The standard InChI is InChI=1S/C28H24Cl2O5/c1-16-13-23-21(14-22(16)30)25(32)27(35-24(31)15-33-20-11-9-19(29)10-12-20)26(34-23)17-5-7-18(8-6-17)28(2,3)4/h5-14H,15H2,1-4H3. The number of carbonyl (C=O) groups excluding carboxylic acids is 1. The molecule has 1 heterocycles. The van der Waals surface area contributed by atoms with Gasteiger partial charge >= 0.3 is 5.97 Å². The van der Waals surface area contributed by atoms with E-state index in [0.717, 1.165) is 11.1 Å². The van der Waals surface area contributed by atoms with E-state index in [0.29, 0.717) is 26.9 Å². The summed E-state index contributed by atoms with van der Waals surface area (Å²) in [7, 11) is 0. The van der Waals surface area contributed by atoms with E-state index in [1.807, 2.05) is 31.2 Å². The summed E-state index contributed by atoms with van der Waals surface area (Å²) in [5.41, 5.74) is 2.28. The van der Waals surface area contributed by atoms with Crippen molar-refractivity contribution in [3.8, 4) is 22.8 Å². The summed E-state index contributed by atoms with van der Waals surface area (Å²) in [5, 5.41) is 1.18. The van der Waals surface area contributed by atoms with Crippen molar-refractivity contribution in [3.63, 3.8) is 0 Å². The third kappa shape index (κ3) is 5.53. The molecule has 0 saturated heterocycles. The van der Waals surface area contributed by atoms with E-state index in [2.05, 4.69) is 20.8 Å². The summed E-state index contributed by atoms with van der Waals surface area (Å²) in [6.45, 7) is 7.74. The topological polar surface area (TPSA) is 65.7 Å². The third-order valence-corrected chi connectivity index (χ3v) is 6.19. The average molecular weight is 511 g/mol. The van der Waals surface area contributed by atoms with Crippen molar-refractivity contribution in [2.45, 2.75) is 33.1 Å². The van der Waals surface area contributed by atoms with Gasteiger partial charge in [-0.2, -0.15) is 0 Å². The molecule has 0 unspecified atom stereocenters. The predicted octanol–water partition coefficient (Wildman–Crippen LogP) is 7.36. The molecule has 4 rings (SSSR count). The molecule has 3 aromatic carbocycles. The average Bonchev–Trinajstić information content (AvgIpc) is 2.81. The summed E-state index contributed by atoms with van der Waals surface area (Å²) in [6, 6.07) is 17.4. The second-order valence-electron chi connectivity index (χ2n) is 9.23. The van der Waals surface area contributed by atoms with E-state index in [-0.39, 0.29) is 22.3 Å². The number of fused-ring (bicyclic) bond motifs is 1. The maximum absolute atomic E-state index is 13.4. The molecule has 0 radical (unpaired) electrons. The lowest BCUT2D eigenvalue weighted by molar-refractivity contribution is -0.136. The zero-order chi connectivity index (χ0) is 25.3. The van der Waals surface area contributed by atoms with Crippen molar-refractivity contribution in [1.29, 1.82) is 0 Å². The summed E-state index contributed by atoms with van der Waals surface area (Å²) in [4.78, 5) is 26.1. The van der Waals surface area contributed by atoms with Crippen LogP contribution in [0, 0.1) is 6.92 Å². The van der Waals surface area contributed by atoms with E-state index in [9.17, 15) is 9.59 Å². The summed E-state index contributed by atoms with van der Waals surface area (Å²) in [6.07, 6.45) is 0. The molecule has 0 amide bonds. The van der Waals surface area contributed by atoms with Gasteiger partial charge in [-0.15, -0.1) is 0 Å². The van der Waals surface area contributed by atoms with Gasteiger partial charge in [0, 0.05) is 15.6 Å². The molecule has 180 valence electrons. The van der Waals surface area contributed by atoms with Gasteiger partial charge in [-0.1, -0.05) is 68.2 Å². The Morgan fingerprint density at radius 2 is 1.63 bits per heavy atom. The number of benzene rings is 3. The van der Waals surface area contributed by atoms with Crippen LogP contribution in [0.25, 0.3) is 22.3 Å². The van der Waals surface area contributed by atoms with Gasteiger partial charge in [-0.3, -0.25) is 4.79 Å². The lowest BCUT2D eigenvalue weighted by Gasteiger charge is -2.19. The number of rotatable bonds is 5. The lowest BCUT2D eigenvalue weighted by atomic mass is 9.86. The lowest BCUT2D eigenvalue weighted by Crippen LogP contribution is -2.21. The van der Waals surface area contributed by atoms with E-state index >= 15 is 0 Å². The Balaban J connectivity index is 1.74. The maximum Gasteiger partial charge on any atom is 0.349 e. The molecule has 7 heteroatoms. The molecule has 0 fully saturated rings. The molecule has 0 atom stereocenters. The first-order valence-electron chi connectivity index (χ1n) is 11.0. The van der Waals surface area contributed by atoms with Crippen molar-refractivity contribution < 1.29 is 18.7 Å². The van der Waals surface area contributed by atoms with E-state index in [1.54, 1.807) is 30.3 Å². The minimum Gasteiger partial charge on any atom is -0.482 e. The second-order valence-corrected chi connectivity index (χ2v) is 10.1. The molecule has 0 bridgehead atoms. The summed E-state index contributed by atoms with van der Waals surface area (Å²) < 4.78 is 17.1. The molecule has 0 N–H and O–H groups in total. The molecular weight excluding hydrogens is 487 g/mol. The molecule has 4 aromatic rings. The van der Waals surface area contributed by atoms with Crippen LogP contribution in [-0.2, 0) is 10.2 Å². The molecule has 0 aliphatic carbocycles. The third-order valence-electron chi connectivity index (χ3n) is 5.53. The monoisotopic (exact) mass is 510 g/mol. The molecule has 1 aromatic heterocycles. The number of ether oxygens (including phenoxy) is 2. The number of carbonyl (C=O) groups is 1. The Kier molecular flexibility index (Phi) is 6.93. The van der Waals surface area contributed by atoms with Crippen LogP contribution in [-0.4, -0.2) is 12.6 Å². The fourth-order valence-electron chi connectivity index (χ4n) is 3.52. The van der Waals surface area contributed by atoms with Gasteiger partial charge in [0.15, 0.2) is 12.4 Å². The number of esters is 1. The zero-order valence-corrected chi connectivity index (χ0v) is 21.3. The Morgan fingerprint density at radius 3 is 2.26 bits per heavy atom. The normalized spacial score (nSPS) is 11.5. The van der Waals surface area contributed by atoms with Crippen LogP contribution in [0.3, 0.4) is 0 Å². The quantitative estimate of drug-likeness (QED) is 0.262. The second kappa shape index (κ2) is 9.76. The zero-order valence-electron chi connectivity index (χ0n) is 19.8. The fraction of sp³-hybridized carbons (Fsp3) is 0.214. The highest BCUT2D eigenvalue weighted by molar-refractivity contribution is 6.32. The SMILES string of the molecule is Cc1cc2oc(-c3ccc(C(C)(C)C)cc3)c(OC(=O)COc3ccc(Cl)cc3)c(=O)c2cc1Cl. The molecule has 0 aliphatic heterocycles. The molecular formula is C28H24Cl2O5. The first-order chi connectivity index (χ1) is 16.5. The minimum atomic E-state index is -0.752. The van der Waals surface area contributed by atoms with Crippen molar-refractivity contribution >= 4 is 40.1 Å². The first-order valence-corrected chi connectivity index (χ1v) is 11.8. The maximum atomic E-state index is 13.4. The molecule has 0 aliphatic rings. The predicted molar refractivity (Wildman–Crippen MR) is 139 cm³/mol. The van der Waals surface area contributed by atoms with Crippen LogP contribution in [0.2, 0.25) is 10.0 Å². The number of hydrogen-bond donors (Lipinski definition) is 0. The van der Waals surface area contributed by atoms with Gasteiger partial charge in [0.05, 0.1) is 5.39 Å². The van der Waals surface area contributed by atoms with Gasteiger partial charge in [-0.25, -0.2) is 4.79 Å². The highest BCUT2D eigenvalue weighted by Gasteiger charge is 2.22. The first kappa shape index (κ1) is 24.8. The molecule has 0 spiro atoms. The van der Waals surface area contributed by atoms with Crippen molar-refractivity contribution in [1.82, 2.24) is 0 Å². The molecule has 35 heavy (non-hydrogen) atoms. The summed E-state index contributed by atoms with van der Waals surface area (Å²) in [5.74, 6) is -0.371. The van der Waals surface area contributed by atoms with Crippen molar-refractivity contribution in [2.24, 2.45) is 0 Å². The van der Waals surface area contributed by atoms with E-state index in [1.165, 1.54) is 6.07 Å². The van der Waals surface area contributed by atoms with Crippen LogP contribution in [0.15, 0.2) is 69.9 Å². The van der Waals surface area contributed by atoms with Gasteiger partial charge in [0.1, 0.15) is 11.3 Å². The Bertz CT molecular complexity index is 1450. The molecule has 0 saturated carbocycles. The highest BCUT2D eigenvalue weighted by Crippen LogP contribution is 2.34. The van der Waals surface area contributed by atoms with Crippen LogP contribution in [0.5, 0.6) is 11.5 Å². The highest BCUT2D eigenvalue weighted by atomic mass is 35.5. The van der Waals surface area contributed by atoms with Crippen LogP contribution >= 0.6 is 23.2 Å². The van der Waals surface area contributed by atoms with Gasteiger partial charge in [0.25, 0.3) is 0 Å². The van der Waals surface area contributed by atoms with Crippen molar-refractivity contribution in [3.05, 3.63) is 92.1 Å². The Hall–Kier alpha value is -3.28. The number of aryl methyl sites for hydroxylation is 1. The van der Waals surface area contributed by atoms with Gasteiger partial charge in [-0.05, 0) is 59.9 Å². The fourth-order valence-corrected chi connectivity index (χ4v) is 3.81. The smallest absolute Gasteiger partial charge is 0.349 e. The summed E-state index contributed by atoms with van der Waals surface area (Å²) >= 11 is 12.1. The van der Waals surface area contributed by atoms with Crippen molar-refractivity contribution in [2.75, 3.05) is 6.61 Å². The van der Waals surface area contributed by atoms with Crippen LogP contribution in [0.1, 0.15) is 31.9 Å². The van der Waals surface area contributed by atoms with Gasteiger partial charge < -0.3 is 13.9 Å². The van der Waals surface area contributed by atoms with Gasteiger partial charge in [0.2, 0.25) is 11.2 Å². The Labute approximate surface area is 213 Å². The van der Waals surface area contributed by atoms with E-state index < -0.39 is 18.0 Å². The van der Waals surface area contributed by atoms with Crippen LogP contribution < -0.4 is 14.9 Å². The number of hydrogen-bond acceptors (Lipinski definition) is 5. The minimum absolute atomic E-state index is 0.0507.